The third kappa shape index (κ3) is 4.76. The van der Waals surface area contributed by atoms with Crippen LogP contribution in [-0.4, -0.2) is 55.2 Å². The van der Waals surface area contributed by atoms with E-state index in [1.807, 2.05) is 19.0 Å². The number of hydrogen-bond acceptors (Lipinski definition) is 5. The van der Waals surface area contributed by atoms with Crippen molar-refractivity contribution >= 4 is 37.1 Å². The van der Waals surface area contributed by atoms with E-state index in [0.29, 0.717) is 12.2 Å². The Bertz CT molecular complexity index is 975. The summed E-state index contributed by atoms with van der Waals surface area (Å²) in [6.07, 6.45) is 1.02. The van der Waals surface area contributed by atoms with Crippen LogP contribution < -0.4 is 4.31 Å². The summed E-state index contributed by atoms with van der Waals surface area (Å²) in [6, 6.07) is 12.3. The molecular formula is C17H21ClN2O4S2. The van der Waals surface area contributed by atoms with Crippen molar-refractivity contribution in [1.82, 2.24) is 4.90 Å². The van der Waals surface area contributed by atoms with Crippen LogP contribution in [0.15, 0.2) is 58.3 Å². The normalized spacial score (nSPS) is 12.3. The second-order valence-electron chi connectivity index (χ2n) is 6.08. The van der Waals surface area contributed by atoms with Gasteiger partial charge in [0.15, 0.2) is 9.84 Å². The average Bonchev–Trinajstić information content (AvgIpc) is 2.54. The van der Waals surface area contributed by atoms with Crippen molar-refractivity contribution in [2.45, 2.75) is 9.79 Å². The highest BCUT2D eigenvalue weighted by Gasteiger charge is 2.28. The van der Waals surface area contributed by atoms with Crippen LogP contribution in [-0.2, 0) is 19.9 Å². The van der Waals surface area contributed by atoms with Gasteiger partial charge in [0.2, 0.25) is 0 Å². The molecule has 0 saturated carbocycles. The smallest absolute Gasteiger partial charge is 0.265 e. The topological polar surface area (TPSA) is 74.8 Å². The molecule has 0 saturated heterocycles. The molecular weight excluding hydrogens is 396 g/mol. The van der Waals surface area contributed by atoms with Crippen molar-refractivity contribution in [3.63, 3.8) is 0 Å². The highest BCUT2D eigenvalue weighted by Crippen LogP contribution is 2.30. The lowest BCUT2D eigenvalue weighted by molar-refractivity contribution is 0.419. The van der Waals surface area contributed by atoms with E-state index in [9.17, 15) is 16.8 Å². The van der Waals surface area contributed by atoms with Crippen LogP contribution in [0.3, 0.4) is 0 Å². The SMILES string of the molecule is CN(C)CCN(c1ccccc1)S(=O)(=O)c1cc(S(C)(=O)=O)ccc1Cl. The monoisotopic (exact) mass is 416 g/mol. The third-order valence-corrected chi connectivity index (χ3v) is 7.11. The highest BCUT2D eigenvalue weighted by atomic mass is 35.5. The van der Waals surface area contributed by atoms with Crippen LogP contribution >= 0.6 is 11.6 Å². The number of sulfone groups is 1. The minimum Gasteiger partial charge on any atom is -0.308 e. The number of sulfonamides is 1. The number of likely N-dealkylation sites (N-methyl/N-ethyl adjacent to an activating group) is 1. The van der Waals surface area contributed by atoms with Crippen LogP contribution in [0, 0.1) is 0 Å². The molecule has 0 spiro atoms. The maximum atomic E-state index is 13.3. The molecule has 0 aliphatic heterocycles. The minimum absolute atomic E-state index is 0.0248. The Morgan fingerprint density at radius 2 is 1.54 bits per heavy atom. The van der Waals surface area contributed by atoms with Gasteiger partial charge in [-0.2, -0.15) is 0 Å². The lowest BCUT2D eigenvalue weighted by Crippen LogP contribution is -2.37. The first-order chi connectivity index (χ1) is 12.0. The van der Waals surface area contributed by atoms with Crippen LogP contribution in [0.4, 0.5) is 5.69 Å². The van der Waals surface area contributed by atoms with Gasteiger partial charge in [-0.25, -0.2) is 16.8 Å². The minimum atomic E-state index is -4.05. The van der Waals surface area contributed by atoms with E-state index in [1.54, 1.807) is 30.3 Å². The Morgan fingerprint density at radius 1 is 0.923 bits per heavy atom. The summed E-state index contributed by atoms with van der Waals surface area (Å²) in [5.41, 5.74) is 0.482. The molecule has 2 aromatic rings. The van der Waals surface area contributed by atoms with Gasteiger partial charge >= 0.3 is 0 Å². The Balaban J connectivity index is 2.60. The summed E-state index contributed by atoms with van der Waals surface area (Å²) in [5.74, 6) is 0. The molecule has 0 fully saturated rings. The molecule has 0 aliphatic rings. The standard InChI is InChI=1S/C17H21ClN2O4S2/c1-19(2)11-12-20(14-7-5-4-6-8-14)26(23,24)17-13-15(25(3,21)22)9-10-16(17)18/h4-10,13H,11-12H2,1-3H3. The van der Waals surface area contributed by atoms with Crippen LogP contribution in [0.1, 0.15) is 0 Å². The molecule has 6 nitrogen and oxygen atoms in total. The number of anilines is 1. The molecule has 26 heavy (non-hydrogen) atoms. The fraction of sp³-hybridized carbons (Fsp3) is 0.294. The van der Waals surface area contributed by atoms with E-state index in [0.717, 1.165) is 12.3 Å². The van der Waals surface area contributed by atoms with Crippen molar-refractivity contribution < 1.29 is 16.8 Å². The predicted octanol–water partition coefficient (Wildman–Crippen LogP) is 2.50. The number of rotatable bonds is 7. The second kappa shape index (κ2) is 7.96. The van der Waals surface area contributed by atoms with Gasteiger partial charge in [-0.3, -0.25) is 4.31 Å². The molecule has 0 aromatic heterocycles. The molecule has 2 rings (SSSR count). The Morgan fingerprint density at radius 3 is 2.08 bits per heavy atom. The van der Waals surface area contributed by atoms with E-state index >= 15 is 0 Å². The summed E-state index contributed by atoms with van der Waals surface area (Å²) >= 11 is 6.11. The molecule has 0 amide bonds. The molecule has 0 unspecified atom stereocenters. The zero-order valence-electron chi connectivity index (χ0n) is 14.8. The fourth-order valence-corrected chi connectivity index (χ4v) is 4.98. The van der Waals surface area contributed by atoms with Crippen molar-refractivity contribution in [2.75, 3.05) is 37.7 Å². The quantitative estimate of drug-likeness (QED) is 0.693. The summed E-state index contributed by atoms with van der Waals surface area (Å²) in [5, 5.41) is -0.0248. The van der Waals surface area contributed by atoms with Gasteiger partial charge < -0.3 is 4.90 Å². The highest BCUT2D eigenvalue weighted by molar-refractivity contribution is 7.93. The van der Waals surface area contributed by atoms with Gasteiger partial charge in [-0.05, 0) is 44.4 Å². The zero-order chi connectivity index (χ0) is 19.5. The van der Waals surface area contributed by atoms with Gasteiger partial charge in [0.05, 0.1) is 15.6 Å². The molecule has 0 aliphatic carbocycles. The first-order valence-corrected chi connectivity index (χ1v) is 11.5. The molecule has 0 atom stereocenters. The molecule has 0 heterocycles. The predicted molar refractivity (Wildman–Crippen MR) is 104 cm³/mol. The van der Waals surface area contributed by atoms with Gasteiger partial charge in [-0.1, -0.05) is 29.8 Å². The maximum Gasteiger partial charge on any atom is 0.265 e. The van der Waals surface area contributed by atoms with Gasteiger partial charge in [0.25, 0.3) is 10.0 Å². The van der Waals surface area contributed by atoms with Crippen molar-refractivity contribution in [3.8, 4) is 0 Å². The Hall–Kier alpha value is -1.61. The zero-order valence-corrected chi connectivity index (χ0v) is 17.1. The average molecular weight is 417 g/mol. The summed E-state index contributed by atoms with van der Waals surface area (Å²) in [7, 11) is -3.94. The van der Waals surface area contributed by atoms with Gasteiger partial charge in [-0.15, -0.1) is 0 Å². The third-order valence-electron chi connectivity index (χ3n) is 3.69. The van der Waals surface area contributed by atoms with E-state index in [2.05, 4.69) is 0 Å². The number of benzene rings is 2. The van der Waals surface area contributed by atoms with E-state index in [1.165, 1.54) is 16.4 Å². The van der Waals surface area contributed by atoms with Crippen LogP contribution in [0.2, 0.25) is 5.02 Å². The van der Waals surface area contributed by atoms with Crippen molar-refractivity contribution in [1.29, 1.82) is 0 Å². The molecule has 0 N–H and O–H groups in total. The number of hydrogen-bond donors (Lipinski definition) is 0. The number of nitrogens with zero attached hydrogens (tertiary/aromatic N) is 2. The summed E-state index contributed by atoms with van der Waals surface area (Å²) in [6.45, 7) is 0.677. The molecule has 9 heteroatoms. The Kier molecular flexibility index (Phi) is 6.33. The van der Waals surface area contributed by atoms with Crippen molar-refractivity contribution in [2.24, 2.45) is 0 Å². The second-order valence-corrected chi connectivity index (χ2v) is 10.3. The van der Waals surface area contributed by atoms with Crippen LogP contribution in [0.5, 0.6) is 0 Å². The molecule has 0 bridgehead atoms. The molecule has 0 radical (unpaired) electrons. The van der Waals surface area contributed by atoms with Gasteiger partial charge in [0.1, 0.15) is 4.90 Å². The lowest BCUT2D eigenvalue weighted by Gasteiger charge is -2.26. The number of para-hydroxylation sites is 1. The van der Waals surface area contributed by atoms with E-state index < -0.39 is 19.9 Å². The van der Waals surface area contributed by atoms with E-state index in [-0.39, 0.29) is 21.4 Å². The van der Waals surface area contributed by atoms with Crippen LogP contribution in [0.25, 0.3) is 0 Å². The van der Waals surface area contributed by atoms with Gasteiger partial charge in [0, 0.05) is 19.3 Å². The summed E-state index contributed by atoms with van der Waals surface area (Å²) < 4.78 is 51.4. The molecule has 142 valence electrons. The largest absolute Gasteiger partial charge is 0.308 e. The van der Waals surface area contributed by atoms with Crippen molar-refractivity contribution in [3.05, 3.63) is 53.6 Å². The maximum absolute atomic E-state index is 13.3. The molecule has 2 aromatic carbocycles. The Labute approximate surface area is 160 Å². The lowest BCUT2D eigenvalue weighted by atomic mass is 10.3. The first kappa shape index (κ1) is 20.7. The first-order valence-electron chi connectivity index (χ1n) is 7.75. The number of halogens is 1. The fourth-order valence-electron chi connectivity index (χ4n) is 2.30. The van der Waals surface area contributed by atoms with E-state index in [4.69, 9.17) is 11.6 Å². The summed E-state index contributed by atoms with van der Waals surface area (Å²) in [4.78, 5) is 1.53.